The Morgan fingerprint density at radius 2 is 1.68 bits per heavy atom. The van der Waals surface area contributed by atoms with Gasteiger partial charge in [0.2, 0.25) is 17.8 Å². The number of hydrogen-bond acceptors (Lipinski definition) is 12. The average Bonchev–Trinajstić information content (AvgIpc) is 3.42. The number of anilines is 5. The highest BCUT2D eigenvalue weighted by molar-refractivity contribution is 9.10. The summed E-state index contributed by atoms with van der Waals surface area (Å²) < 4.78 is 18.2. The number of imide groups is 2. The van der Waals surface area contributed by atoms with Crippen LogP contribution in [0.15, 0.2) is 70.2 Å². The molecule has 0 saturated carbocycles. The SMILES string of the molecule is Cc1cc(SNCCCCCCCCNc2cccc3c2C(=O)N(C2CCC(=O)NC2=O)C3=O)ccc1Nc1ncc(Br)c(Nc2cccc(F)c2C(N)=O)n1. The van der Waals surface area contributed by atoms with Crippen molar-refractivity contribution in [1.29, 1.82) is 0 Å². The van der Waals surface area contributed by atoms with Crippen LogP contribution in [0.2, 0.25) is 0 Å². The van der Waals surface area contributed by atoms with Crippen LogP contribution in [0, 0.1) is 12.7 Å². The van der Waals surface area contributed by atoms with E-state index in [1.165, 1.54) is 12.1 Å². The van der Waals surface area contributed by atoms with Gasteiger partial charge in [-0.15, -0.1) is 0 Å². The molecular weight excluding hydrogens is 805 g/mol. The van der Waals surface area contributed by atoms with E-state index in [4.69, 9.17) is 5.73 Å². The highest BCUT2D eigenvalue weighted by Crippen LogP contribution is 2.33. The summed E-state index contributed by atoms with van der Waals surface area (Å²) in [6.45, 7) is 3.49. The zero-order chi connectivity index (χ0) is 39.8. The molecule has 0 radical (unpaired) electrons. The molecule has 0 bridgehead atoms. The number of amides is 5. The predicted octanol–water partition coefficient (Wildman–Crippen LogP) is 6.72. The Bertz CT molecular complexity index is 2170. The number of carbonyl (C=O) groups excluding carboxylic acids is 5. The molecule has 1 saturated heterocycles. The van der Waals surface area contributed by atoms with Crippen molar-refractivity contribution < 1.29 is 28.4 Å². The third-order valence-electron chi connectivity index (χ3n) is 9.38. The van der Waals surface area contributed by atoms with E-state index in [2.05, 4.69) is 58.0 Å². The lowest BCUT2D eigenvalue weighted by molar-refractivity contribution is -0.136. The molecule has 3 heterocycles. The van der Waals surface area contributed by atoms with Crippen LogP contribution in [0.3, 0.4) is 0 Å². The van der Waals surface area contributed by atoms with Crippen molar-refractivity contribution in [2.75, 3.05) is 29.0 Å². The minimum absolute atomic E-state index is 0.0809. The van der Waals surface area contributed by atoms with E-state index >= 15 is 0 Å². The van der Waals surface area contributed by atoms with E-state index in [-0.39, 0.29) is 35.2 Å². The molecule has 0 aliphatic carbocycles. The number of aryl methyl sites for hydroxylation is 1. The van der Waals surface area contributed by atoms with Gasteiger partial charge >= 0.3 is 0 Å². The van der Waals surface area contributed by atoms with Crippen LogP contribution in [0.4, 0.5) is 33.2 Å². The summed E-state index contributed by atoms with van der Waals surface area (Å²) in [7, 11) is 0. The zero-order valence-corrected chi connectivity index (χ0v) is 32.9. The normalized spacial score (nSPS) is 15.1. The van der Waals surface area contributed by atoms with Crippen LogP contribution >= 0.6 is 27.9 Å². The average molecular weight is 847 g/mol. The minimum Gasteiger partial charge on any atom is -0.384 e. The first kappa shape index (κ1) is 40.3. The number of unbranched alkanes of at least 4 members (excludes halogenated alkanes) is 5. The number of nitrogens with two attached hydrogens (primary N) is 1. The maximum Gasteiger partial charge on any atom is 0.264 e. The van der Waals surface area contributed by atoms with Gasteiger partial charge in [0.15, 0.2) is 0 Å². The molecule has 6 rings (SSSR count). The Morgan fingerprint density at radius 1 is 0.946 bits per heavy atom. The molecule has 292 valence electrons. The van der Waals surface area contributed by atoms with Gasteiger partial charge in [0.1, 0.15) is 17.7 Å². The van der Waals surface area contributed by atoms with E-state index in [1.807, 2.05) is 19.1 Å². The molecule has 4 aromatic rings. The Labute approximate surface area is 335 Å². The van der Waals surface area contributed by atoms with Crippen molar-refractivity contribution in [2.24, 2.45) is 5.73 Å². The maximum absolute atomic E-state index is 14.3. The van der Waals surface area contributed by atoms with Gasteiger partial charge < -0.3 is 21.7 Å². The van der Waals surface area contributed by atoms with E-state index in [1.54, 1.807) is 42.4 Å². The fourth-order valence-corrected chi connectivity index (χ4v) is 7.61. The van der Waals surface area contributed by atoms with Gasteiger partial charge in [-0.25, -0.2) is 9.37 Å². The number of aromatic nitrogens is 2. The first-order valence-corrected chi connectivity index (χ1v) is 19.9. The van der Waals surface area contributed by atoms with Gasteiger partial charge in [0, 0.05) is 42.0 Å². The topological polar surface area (TPSA) is 201 Å². The summed E-state index contributed by atoms with van der Waals surface area (Å²) in [5, 5.41) is 11.7. The maximum atomic E-state index is 14.3. The Kier molecular flexibility index (Phi) is 13.3. The molecule has 3 aromatic carbocycles. The molecule has 2 aliphatic rings. The summed E-state index contributed by atoms with van der Waals surface area (Å²) in [6, 6.07) is 14.3. The van der Waals surface area contributed by atoms with Gasteiger partial charge in [0.05, 0.1) is 26.9 Å². The number of benzene rings is 3. The minimum atomic E-state index is -0.987. The standard InChI is InChI=1S/C39H41BrFN9O5S/c1-22-20-23(14-15-27(22)47-39-44-21-25(40)35(49-39)46-29-13-9-11-26(41)33(29)34(42)52)56-45-19-7-5-3-2-4-6-18-43-28-12-8-10-24-32(28)38(55)50(37(24)54)30-16-17-31(51)48-36(30)53/h8-15,20-21,30,43,45H,2-7,16-19H2,1H3,(H2,42,52)(H,48,51,53)(H2,44,46,47,49). The molecule has 1 fully saturated rings. The number of nitrogens with one attached hydrogen (secondary N) is 5. The van der Waals surface area contributed by atoms with Crippen LogP contribution in [-0.4, -0.2) is 63.5 Å². The number of piperidine rings is 1. The second kappa shape index (κ2) is 18.5. The summed E-state index contributed by atoms with van der Waals surface area (Å²) in [5.41, 5.74) is 8.24. The fraction of sp³-hybridized carbons (Fsp3) is 0.308. The largest absolute Gasteiger partial charge is 0.384 e. The van der Waals surface area contributed by atoms with Crippen molar-refractivity contribution in [1.82, 2.24) is 24.9 Å². The summed E-state index contributed by atoms with van der Waals surface area (Å²) in [6.07, 6.45) is 7.98. The number of fused-ring (bicyclic) bond motifs is 1. The van der Waals surface area contributed by atoms with E-state index in [9.17, 15) is 28.4 Å². The number of nitrogens with zero attached hydrogens (tertiary/aromatic N) is 3. The predicted molar refractivity (Wildman–Crippen MR) is 216 cm³/mol. The Hall–Kier alpha value is -5.39. The van der Waals surface area contributed by atoms with Gasteiger partial charge in [0.25, 0.3) is 17.7 Å². The van der Waals surface area contributed by atoms with E-state index in [0.29, 0.717) is 28.5 Å². The molecule has 7 N–H and O–H groups in total. The van der Waals surface area contributed by atoms with Crippen LogP contribution in [-0.2, 0) is 9.59 Å². The molecule has 1 atom stereocenters. The van der Waals surface area contributed by atoms with Crippen molar-refractivity contribution in [3.05, 3.63) is 93.3 Å². The first-order chi connectivity index (χ1) is 27.0. The monoisotopic (exact) mass is 845 g/mol. The Morgan fingerprint density at radius 3 is 2.43 bits per heavy atom. The lowest BCUT2D eigenvalue weighted by Crippen LogP contribution is -2.54. The summed E-state index contributed by atoms with van der Waals surface area (Å²) >= 11 is 4.96. The second-order valence-electron chi connectivity index (χ2n) is 13.4. The highest BCUT2D eigenvalue weighted by Gasteiger charge is 2.45. The molecule has 0 spiro atoms. The fourth-order valence-electron chi connectivity index (χ4n) is 6.53. The lowest BCUT2D eigenvalue weighted by atomic mass is 10.0. The molecule has 17 heteroatoms. The number of carbonyl (C=O) groups is 5. The van der Waals surface area contributed by atoms with Gasteiger partial charge in [-0.05, 0) is 102 Å². The number of halogens is 2. The number of primary amides is 1. The van der Waals surface area contributed by atoms with Crippen LogP contribution in [0.5, 0.6) is 0 Å². The molecule has 2 aliphatic heterocycles. The van der Waals surface area contributed by atoms with Crippen LogP contribution < -0.4 is 31.7 Å². The molecule has 56 heavy (non-hydrogen) atoms. The Balaban J connectivity index is 0.873. The van der Waals surface area contributed by atoms with Crippen molar-refractivity contribution in [3.63, 3.8) is 0 Å². The van der Waals surface area contributed by atoms with Crippen molar-refractivity contribution in [2.45, 2.75) is 69.2 Å². The van der Waals surface area contributed by atoms with Crippen molar-refractivity contribution >= 4 is 86.2 Å². The van der Waals surface area contributed by atoms with Gasteiger partial charge in [-0.2, -0.15) is 4.98 Å². The van der Waals surface area contributed by atoms with Crippen LogP contribution in [0.1, 0.15) is 88.0 Å². The van der Waals surface area contributed by atoms with E-state index in [0.717, 1.165) is 66.1 Å². The third-order valence-corrected chi connectivity index (χ3v) is 10.8. The third kappa shape index (κ3) is 9.52. The van der Waals surface area contributed by atoms with Gasteiger partial charge in [-0.1, -0.05) is 37.8 Å². The highest BCUT2D eigenvalue weighted by atomic mass is 79.9. The van der Waals surface area contributed by atoms with Gasteiger partial charge in [-0.3, -0.25) is 38.9 Å². The lowest BCUT2D eigenvalue weighted by Gasteiger charge is -2.27. The molecule has 1 unspecified atom stereocenters. The smallest absolute Gasteiger partial charge is 0.264 e. The molecule has 5 amide bonds. The van der Waals surface area contributed by atoms with Crippen molar-refractivity contribution in [3.8, 4) is 0 Å². The molecule has 1 aromatic heterocycles. The number of hydrogen-bond donors (Lipinski definition) is 6. The number of rotatable bonds is 18. The van der Waals surface area contributed by atoms with Crippen LogP contribution in [0.25, 0.3) is 0 Å². The zero-order valence-electron chi connectivity index (χ0n) is 30.5. The van der Waals surface area contributed by atoms with E-state index < -0.39 is 41.4 Å². The quantitative estimate of drug-likeness (QED) is 0.0351. The first-order valence-electron chi connectivity index (χ1n) is 18.3. The second-order valence-corrected chi connectivity index (χ2v) is 15.2. The molecule has 14 nitrogen and oxygen atoms in total. The summed E-state index contributed by atoms with van der Waals surface area (Å²) in [5.74, 6) is -3.04. The molecular formula is C39H41BrFN9O5S. The summed E-state index contributed by atoms with van der Waals surface area (Å²) in [4.78, 5) is 72.9.